The second-order valence-electron chi connectivity index (χ2n) is 10.4. The molecule has 0 aromatic heterocycles. The van der Waals surface area contributed by atoms with Gasteiger partial charge in [0, 0.05) is 75.7 Å². The molecule has 5 rings (SSSR count). The number of carbonyl (C=O) groups is 1. The maximum Gasteiger partial charge on any atom is 0.293 e. The number of rotatable bonds is 6. The molecule has 2 aromatic carbocycles. The second-order valence-corrected chi connectivity index (χ2v) is 10.8. The number of nitro groups is 2. The summed E-state index contributed by atoms with van der Waals surface area (Å²) >= 11 is 5.51. The normalized spacial score (nSPS) is 17.6. The van der Waals surface area contributed by atoms with Gasteiger partial charge in [0.2, 0.25) is 0 Å². The van der Waals surface area contributed by atoms with Crippen molar-refractivity contribution < 1.29 is 14.6 Å². The Hall–Kier alpha value is -4.00. The fourth-order valence-corrected chi connectivity index (χ4v) is 5.98. The number of amides is 1. The van der Waals surface area contributed by atoms with E-state index in [4.69, 9.17) is 12.2 Å². The van der Waals surface area contributed by atoms with Crippen LogP contribution in [-0.4, -0.2) is 78.1 Å². The van der Waals surface area contributed by atoms with E-state index in [1.54, 1.807) is 24.3 Å². The number of thiocarbonyl (C=S) groups is 1. The number of carbonyl (C=O) groups excluding carboxylic acids is 1. The van der Waals surface area contributed by atoms with Crippen molar-refractivity contribution in [3.63, 3.8) is 0 Å². The Bertz CT molecular complexity index is 1300. The molecule has 0 aliphatic carbocycles. The molecule has 0 radical (unpaired) electrons. The Labute approximate surface area is 237 Å². The van der Waals surface area contributed by atoms with Crippen molar-refractivity contribution in [3.8, 4) is 0 Å². The number of anilines is 3. The summed E-state index contributed by atoms with van der Waals surface area (Å²) in [4.78, 5) is 43.7. The van der Waals surface area contributed by atoms with E-state index in [9.17, 15) is 25.0 Å². The van der Waals surface area contributed by atoms with E-state index in [1.807, 2.05) is 15.9 Å². The first-order valence-corrected chi connectivity index (χ1v) is 14.1. The van der Waals surface area contributed by atoms with E-state index in [0.717, 1.165) is 64.0 Å². The van der Waals surface area contributed by atoms with Crippen LogP contribution in [0, 0.1) is 20.2 Å². The van der Waals surface area contributed by atoms with Gasteiger partial charge in [0.1, 0.15) is 11.4 Å². The predicted octanol–water partition coefficient (Wildman–Crippen LogP) is 3.93. The zero-order valence-corrected chi connectivity index (χ0v) is 23.1. The molecule has 3 fully saturated rings. The van der Waals surface area contributed by atoms with E-state index >= 15 is 0 Å². The number of hydrogen-bond acceptors (Lipinski definition) is 9. The molecular weight excluding hydrogens is 534 g/mol. The minimum absolute atomic E-state index is 0.0823. The highest BCUT2D eigenvalue weighted by atomic mass is 32.1. The molecule has 3 aliphatic heterocycles. The molecule has 212 valence electrons. The molecule has 0 atom stereocenters. The number of nitro benzene ring substituents is 2. The van der Waals surface area contributed by atoms with Gasteiger partial charge in [-0.2, -0.15) is 0 Å². The molecule has 40 heavy (non-hydrogen) atoms. The van der Waals surface area contributed by atoms with Crippen LogP contribution in [0.25, 0.3) is 0 Å². The molecule has 0 unspecified atom stereocenters. The molecule has 0 bridgehead atoms. The molecule has 1 N–H and O–H groups in total. The van der Waals surface area contributed by atoms with Crippen molar-refractivity contribution in [1.82, 2.24) is 10.2 Å². The van der Waals surface area contributed by atoms with Crippen LogP contribution in [0.15, 0.2) is 36.4 Å². The van der Waals surface area contributed by atoms with Crippen molar-refractivity contribution in [3.05, 3.63) is 62.2 Å². The van der Waals surface area contributed by atoms with Crippen molar-refractivity contribution in [1.29, 1.82) is 0 Å². The lowest BCUT2D eigenvalue weighted by molar-refractivity contribution is -0.384. The van der Waals surface area contributed by atoms with Crippen LogP contribution in [0.5, 0.6) is 0 Å². The maximum atomic E-state index is 12.9. The Morgan fingerprint density at radius 1 is 0.700 bits per heavy atom. The molecule has 2 aromatic rings. The highest BCUT2D eigenvalue weighted by molar-refractivity contribution is 7.80. The van der Waals surface area contributed by atoms with Gasteiger partial charge in [-0.25, -0.2) is 0 Å². The molecule has 1 amide bonds. The van der Waals surface area contributed by atoms with Gasteiger partial charge in [0.15, 0.2) is 5.11 Å². The number of nitrogens with zero attached hydrogens (tertiary/aromatic N) is 6. The maximum absolute atomic E-state index is 12.9. The lowest BCUT2D eigenvalue weighted by atomic mass is 10.1. The summed E-state index contributed by atoms with van der Waals surface area (Å²) in [6.07, 6.45) is 5.18. The quantitative estimate of drug-likeness (QED) is 0.311. The number of nitrogens with one attached hydrogen (secondary N) is 1. The molecular formula is C27H33N7O5S. The number of hydrogen-bond donors (Lipinski definition) is 1. The van der Waals surface area contributed by atoms with Crippen molar-refractivity contribution in [2.75, 3.05) is 67.1 Å². The van der Waals surface area contributed by atoms with E-state index in [1.165, 1.54) is 6.07 Å². The SMILES string of the molecule is O=C(NC(=S)N1CCN(c2ccc([N+](=O)[O-])c(N3CCCCC3)c2)CC1)c1ccc(N2CCCC2)c([N+](=O)[O-])c1. The summed E-state index contributed by atoms with van der Waals surface area (Å²) in [5.74, 6) is -0.481. The van der Waals surface area contributed by atoms with Crippen LogP contribution in [0.1, 0.15) is 42.5 Å². The van der Waals surface area contributed by atoms with Gasteiger partial charge in [-0.05, 0) is 68.6 Å². The summed E-state index contributed by atoms with van der Waals surface area (Å²) in [6.45, 7) is 5.54. The van der Waals surface area contributed by atoms with Gasteiger partial charge in [-0.1, -0.05) is 0 Å². The fraction of sp³-hybridized carbons (Fsp3) is 0.481. The lowest BCUT2D eigenvalue weighted by Crippen LogP contribution is -2.52. The van der Waals surface area contributed by atoms with E-state index in [2.05, 4.69) is 15.1 Å². The zero-order valence-electron chi connectivity index (χ0n) is 22.3. The van der Waals surface area contributed by atoms with Crippen molar-refractivity contribution in [2.45, 2.75) is 32.1 Å². The standard InChI is InChI=1S/C27H33N7O5S/c35-26(20-6-8-22(25(18-20)34(38)39)30-12-4-5-13-30)28-27(40)32-16-14-29(15-17-32)21-7-9-23(33(36)37)24(19-21)31-10-2-1-3-11-31/h6-9,18-19H,1-5,10-17H2,(H,28,35,40). The number of piperazine rings is 1. The zero-order chi connectivity index (χ0) is 28.2. The van der Waals surface area contributed by atoms with Crippen LogP contribution < -0.4 is 20.0 Å². The van der Waals surface area contributed by atoms with Crippen LogP contribution in [0.3, 0.4) is 0 Å². The van der Waals surface area contributed by atoms with Crippen LogP contribution in [-0.2, 0) is 0 Å². The highest BCUT2D eigenvalue weighted by Crippen LogP contribution is 2.35. The van der Waals surface area contributed by atoms with Crippen LogP contribution in [0.4, 0.5) is 28.4 Å². The van der Waals surface area contributed by atoms with E-state index in [-0.39, 0.29) is 27.0 Å². The van der Waals surface area contributed by atoms with Crippen molar-refractivity contribution in [2.24, 2.45) is 0 Å². The molecule has 3 heterocycles. The number of benzene rings is 2. The third-order valence-corrected chi connectivity index (χ3v) is 8.25. The monoisotopic (exact) mass is 567 g/mol. The minimum Gasteiger partial charge on any atom is -0.368 e. The van der Waals surface area contributed by atoms with Gasteiger partial charge >= 0.3 is 0 Å². The summed E-state index contributed by atoms with van der Waals surface area (Å²) < 4.78 is 0. The average Bonchev–Trinajstić information content (AvgIpc) is 3.52. The highest BCUT2D eigenvalue weighted by Gasteiger charge is 2.27. The van der Waals surface area contributed by atoms with Gasteiger partial charge < -0.3 is 19.6 Å². The Morgan fingerprint density at radius 3 is 1.93 bits per heavy atom. The average molecular weight is 568 g/mol. The fourth-order valence-electron chi connectivity index (χ4n) is 5.70. The minimum atomic E-state index is -0.481. The Balaban J connectivity index is 1.21. The molecule has 0 saturated carbocycles. The van der Waals surface area contributed by atoms with Crippen LogP contribution in [0.2, 0.25) is 0 Å². The Kier molecular flexibility index (Phi) is 8.29. The third-order valence-electron chi connectivity index (χ3n) is 7.89. The van der Waals surface area contributed by atoms with Crippen LogP contribution >= 0.6 is 12.2 Å². The van der Waals surface area contributed by atoms with E-state index in [0.29, 0.717) is 37.6 Å². The first-order valence-electron chi connectivity index (χ1n) is 13.7. The van der Waals surface area contributed by atoms with Gasteiger partial charge in [-0.15, -0.1) is 0 Å². The molecule has 13 heteroatoms. The first-order chi connectivity index (χ1) is 19.3. The smallest absolute Gasteiger partial charge is 0.293 e. The predicted molar refractivity (Wildman–Crippen MR) is 158 cm³/mol. The molecule has 0 spiro atoms. The summed E-state index contributed by atoms with van der Waals surface area (Å²) in [6, 6.07) is 9.86. The third kappa shape index (κ3) is 5.93. The topological polar surface area (TPSA) is 128 Å². The van der Waals surface area contributed by atoms with Gasteiger partial charge in [0.05, 0.1) is 9.85 Å². The van der Waals surface area contributed by atoms with Gasteiger partial charge in [0.25, 0.3) is 17.3 Å². The first kappa shape index (κ1) is 27.6. The second kappa shape index (κ2) is 12.0. The Morgan fingerprint density at radius 2 is 1.30 bits per heavy atom. The molecule has 12 nitrogen and oxygen atoms in total. The van der Waals surface area contributed by atoms with Gasteiger partial charge in [-0.3, -0.25) is 30.3 Å². The summed E-state index contributed by atoms with van der Waals surface area (Å²) in [5.41, 5.74) is 2.35. The summed E-state index contributed by atoms with van der Waals surface area (Å²) in [7, 11) is 0. The molecule has 3 aliphatic rings. The van der Waals surface area contributed by atoms with Crippen molar-refractivity contribution >= 4 is 51.7 Å². The largest absolute Gasteiger partial charge is 0.368 e. The summed E-state index contributed by atoms with van der Waals surface area (Å²) in [5, 5.41) is 26.4. The molecule has 3 saturated heterocycles. The van der Waals surface area contributed by atoms with E-state index < -0.39 is 10.8 Å². The lowest BCUT2D eigenvalue weighted by Gasteiger charge is -2.37. The number of piperidine rings is 1.